The highest BCUT2D eigenvalue weighted by Crippen LogP contribution is 2.45. The summed E-state index contributed by atoms with van der Waals surface area (Å²) in [6.07, 6.45) is -5.06. The number of fused-ring (bicyclic) bond motifs is 1. The zero-order valence-electron chi connectivity index (χ0n) is 42.0. The Balaban J connectivity index is 1.89. The van der Waals surface area contributed by atoms with E-state index in [1.807, 2.05) is 39.8 Å². The van der Waals surface area contributed by atoms with Gasteiger partial charge in [0.25, 0.3) is 0 Å². The number of nitrogens with zero attached hydrogens (tertiary/aromatic N) is 1. The molecule has 0 radical (unpaired) electrons. The summed E-state index contributed by atoms with van der Waals surface area (Å²) in [7, 11) is 9.80. The fourth-order valence-corrected chi connectivity index (χ4v) is 9.49. The number of ether oxygens (including phenoxy) is 10. The van der Waals surface area contributed by atoms with Crippen LogP contribution in [0.15, 0.2) is 12.2 Å². The predicted octanol–water partition coefficient (Wildman–Crippen LogP) is 2.65. The molecule has 3 aliphatic rings. The van der Waals surface area contributed by atoms with Crippen molar-refractivity contribution in [1.82, 2.24) is 4.90 Å². The maximum atomic E-state index is 13.8. The van der Waals surface area contributed by atoms with E-state index in [1.165, 1.54) is 34.3 Å². The molecule has 4 N–H and O–H groups in total. The molecule has 0 saturated carbocycles. The molecule has 20 atom stereocenters. The first-order valence-corrected chi connectivity index (χ1v) is 23.6. The third kappa shape index (κ3) is 15.5. The Labute approximate surface area is 393 Å². The quantitative estimate of drug-likeness (QED) is 0.0656. The van der Waals surface area contributed by atoms with Gasteiger partial charge in [0.1, 0.15) is 42.4 Å². The molecule has 3 rings (SSSR count). The van der Waals surface area contributed by atoms with Gasteiger partial charge in [-0.05, 0) is 86.0 Å². The van der Waals surface area contributed by atoms with Gasteiger partial charge < -0.3 is 77.5 Å². The summed E-state index contributed by atoms with van der Waals surface area (Å²) in [4.78, 5) is 41.9. The fraction of sp³-hybridized carbons (Fsp3) is 0.896. The number of aliphatic hydroxyl groups is 4. The van der Waals surface area contributed by atoms with Crippen molar-refractivity contribution < 1.29 is 82.2 Å². The Hall–Kier alpha value is -2.01. The molecule has 2 fully saturated rings. The molecule has 2 saturated heterocycles. The lowest BCUT2D eigenvalue weighted by Crippen LogP contribution is -2.59. The van der Waals surface area contributed by atoms with Crippen molar-refractivity contribution in [3.63, 3.8) is 0 Å². The summed E-state index contributed by atoms with van der Waals surface area (Å²) in [5.74, 6) is -3.09. The van der Waals surface area contributed by atoms with Gasteiger partial charge in [0, 0.05) is 78.3 Å². The lowest BCUT2D eigenvalue weighted by atomic mass is 9.79. The third-order valence-corrected chi connectivity index (χ3v) is 14.3. The Morgan fingerprint density at radius 3 is 2.21 bits per heavy atom. The summed E-state index contributed by atoms with van der Waals surface area (Å²) in [6, 6.07) is -0.275. The number of carbonyl (C=O) groups excluding carboxylic acids is 3. The van der Waals surface area contributed by atoms with Crippen molar-refractivity contribution in [2.24, 2.45) is 23.7 Å². The Morgan fingerprint density at radius 2 is 1.64 bits per heavy atom. The third-order valence-electron chi connectivity index (χ3n) is 14.3. The van der Waals surface area contributed by atoms with E-state index < -0.39 is 114 Å². The summed E-state index contributed by atoms with van der Waals surface area (Å²) in [5.41, 5.74) is -2.39. The predicted molar refractivity (Wildman–Crippen MR) is 242 cm³/mol. The maximum Gasteiger partial charge on any atom is 0.308 e. The fourth-order valence-electron chi connectivity index (χ4n) is 9.49. The number of rotatable bonds is 23. The number of aliphatic hydroxyl groups excluding tert-OH is 3. The van der Waals surface area contributed by atoms with Crippen LogP contribution in [0.3, 0.4) is 0 Å². The highest BCUT2D eigenvalue weighted by atomic mass is 16.7. The molecule has 0 aromatic rings. The van der Waals surface area contributed by atoms with Crippen LogP contribution < -0.4 is 0 Å². The van der Waals surface area contributed by atoms with Gasteiger partial charge in [0.05, 0.1) is 61.4 Å². The van der Waals surface area contributed by atoms with Crippen LogP contribution in [0.2, 0.25) is 0 Å². The first kappa shape index (κ1) is 58.3. The number of esters is 1. The number of hydrogen-bond acceptors (Lipinski definition) is 18. The van der Waals surface area contributed by atoms with Crippen LogP contribution >= 0.6 is 0 Å². The van der Waals surface area contributed by atoms with E-state index in [1.54, 1.807) is 40.9 Å². The van der Waals surface area contributed by atoms with E-state index in [0.29, 0.717) is 12.8 Å². The van der Waals surface area contributed by atoms with Gasteiger partial charge in [-0.15, -0.1) is 0 Å². The van der Waals surface area contributed by atoms with E-state index in [-0.39, 0.29) is 63.4 Å². The minimum atomic E-state index is -1.49. The summed E-state index contributed by atoms with van der Waals surface area (Å²) in [5, 5.41) is 44.2. The Bertz CT molecular complexity index is 1500. The van der Waals surface area contributed by atoms with Crippen molar-refractivity contribution >= 4 is 18.0 Å². The highest BCUT2D eigenvalue weighted by Gasteiger charge is 2.57. The SMILES string of the molecule is CC[C@H]1OC(=O)C[C@@H](O)[C@H](C)[C@H](OCC[C@H]([C@H](OCC[C@@](C)(O)[C@H](O)[C@H](C)OC)[C@H](C)OC)N(C)C)[C@H](CC=O)C[C@H](C)C(=O)/C=C/[C@]2(C)O[C@H]2[C@@H]1CO[C@H]1O[C@@H](C)[C@H](O)[C@@H](OC)[C@@H]1OC. The lowest BCUT2D eigenvalue weighted by molar-refractivity contribution is -0.305. The zero-order chi connectivity index (χ0) is 49.7. The number of hydrogen-bond donors (Lipinski definition) is 4. The number of carbonyl (C=O) groups is 3. The number of epoxide rings is 1. The molecule has 0 bridgehead atoms. The number of aldehydes is 1. The molecule has 0 amide bonds. The number of cyclic esters (lactones) is 1. The van der Waals surface area contributed by atoms with Crippen molar-refractivity contribution in [3.05, 3.63) is 12.2 Å². The van der Waals surface area contributed by atoms with E-state index in [0.717, 1.165) is 6.29 Å². The molecule has 0 spiro atoms. The van der Waals surface area contributed by atoms with Crippen LogP contribution in [0.4, 0.5) is 0 Å². The molecule has 0 unspecified atom stereocenters. The largest absolute Gasteiger partial charge is 0.462 e. The first-order chi connectivity index (χ1) is 31.0. The number of ketones is 1. The second-order valence-corrected chi connectivity index (χ2v) is 19.3. The van der Waals surface area contributed by atoms with Crippen molar-refractivity contribution in [2.45, 2.75) is 191 Å². The van der Waals surface area contributed by atoms with E-state index >= 15 is 0 Å². The van der Waals surface area contributed by atoms with Crippen LogP contribution in [-0.2, 0) is 61.8 Å². The van der Waals surface area contributed by atoms with Crippen molar-refractivity contribution in [1.29, 1.82) is 0 Å². The normalized spacial score (nSPS) is 37.5. The summed E-state index contributed by atoms with van der Waals surface area (Å²) < 4.78 is 59.9. The van der Waals surface area contributed by atoms with Crippen LogP contribution in [0, 0.1) is 23.7 Å². The monoisotopic (exact) mass is 948 g/mol. The van der Waals surface area contributed by atoms with E-state index in [2.05, 4.69) is 0 Å². The second-order valence-electron chi connectivity index (χ2n) is 19.3. The van der Waals surface area contributed by atoms with Crippen molar-refractivity contribution in [2.75, 3.05) is 62.4 Å². The van der Waals surface area contributed by atoms with Gasteiger partial charge in [-0.2, -0.15) is 0 Å². The summed E-state index contributed by atoms with van der Waals surface area (Å²) >= 11 is 0. The van der Waals surface area contributed by atoms with Crippen LogP contribution in [0.5, 0.6) is 0 Å². The van der Waals surface area contributed by atoms with E-state index in [9.17, 15) is 34.8 Å². The second kappa shape index (κ2) is 26.8. The maximum absolute atomic E-state index is 13.8. The van der Waals surface area contributed by atoms with Crippen molar-refractivity contribution in [3.8, 4) is 0 Å². The molecule has 384 valence electrons. The molecular weight excluding hydrogens is 863 g/mol. The van der Waals surface area contributed by atoms with Gasteiger partial charge in [-0.3, -0.25) is 9.59 Å². The molecule has 0 aromatic carbocycles. The van der Waals surface area contributed by atoms with Gasteiger partial charge in [0.15, 0.2) is 12.1 Å². The molecule has 66 heavy (non-hydrogen) atoms. The number of methoxy groups -OCH3 is 4. The van der Waals surface area contributed by atoms with Crippen LogP contribution in [0.25, 0.3) is 0 Å². The minimum Gasteiger partial charge on any atom is -0.462 e. The van der Waals surface area contributed by atoms with Gasteiger partial charge in [0.2, 0.25) is 0 Å². The topological polar surface area (TPSA) is 231 Å². The molecule has 0 aromatic heterocycles. The van der Waals surface area contributed by atoms with Crippen LogP contribution in [0.1, 0.15) is 93.9 Å². The molecule has 18 nitrogen and oxygen atoms in total. The van der Waals surface area contributed by atoms with Gasteiger partial charge in [-0.25, -0.2) is 0 Å². The smallest absolute Gasteiger partial charge is 0.308 e. The summed E-state index contributed by atoms with van der Waals surface area (Å²) in [6.45, 7) is 14.3. The minimum absolute atomic E-state index is 0.00312. The average Bonchev–Trinajstić information content (AvgIpc) is 3.95. The number of likely N-dealkylation sites (N-methyl/N-ethyl adjacent to an activating group) is 1. The van der Waals surface area contributed by atoms with E-state index in [4.69, 9.17) is 47.4 Å². The number of allylic oxidation sites excluding steroid dienone is 1. The highest BCUT2D eigenvalue weighted by molar-refractivity contribution is 5.91. The van der Waals surface area contributed by atoms with Gasteiger partial charge in [-0.1, -0.05) is 20.8 Å². The molecule has 3 aliphatic heterocycles. The first-order valence-electron chi connectivity index (χ1n) is 23.6. The molecular formula is C48H85NO17. The molecule has 18 heteroatoms. The standard InChI is InChI=1S/C48H85NO17/c1-15-37-33(26-63-46-43(60-14)42(59-13)39(54)29(4)64-46)45-48(8,66-45)19-16-35(51)27(2)24-32(17-21-50)40(28(3)36(52)25-38(53)65-37)61-22-18-34(49(9)10)41(30(5)57-11)62-23-20-47(7,56)44(55)31(6)58-12/h16,19,21,27-34,36-37,39-46,52,54-56H,15,17-18,20,22-26H2,1-14H3/b19-16+/t27-,28-,29-,30-,31-,32+,33+,34+,36+,37+,39-,40-,41+,42+,43-,44+,45-,46-,47+,48-/m0/s1. The molecule has 3 heterocycles. The van der Waals surface area contributed by atoms with Crippen LogP contribution in [-0.4, -0.2) is 203 Å². The lowest BCUT2D eigenvalue weighted by Gasteiger charge is -2.42. The Morgan fingerprint density at radius 1 is 0.985 bits per heavy atom. The Kier molecular flexibility index (Phi) is 23.7. The average molecular weight is 948 g/mol. The zero-order valence-corrected chi connectivity index (χ0v) is 42.0. The molecule has 0 aliphatic carbocycles. The van der Waals surface area contributed by atoms with Gasteiger partial charge >= 0.3 is 5.97 Å².